The van der Waals surface area contributed by atoms with Gasteiger partial charge in [0.2, 0.25) is 5.91 Å². The van der Waals surface area contributed by atoms with Crippen molar-refractivity contribution in [2.24, 2.45) is 0 Å². The molecule has 0 radical (unpaired) electrons. The third-order valence-corrected chi connectivity index (χ3v) is 3.51. The lowest BCUT2D eigenvalue weighted by molar-refractivity contribution is -0.120. The van der Waals surface area contributed by atoms with Crippen LogP contribution in [-0.4, -0.2) is 5.91 Å². The lowest BCUT2D eigenvalue weighted by Crippen LogP contribution is -2.34. The highest BCUT2D eigenvalue weighted by atomic mass is 16.2. The molecule has 3 nitrogen and oxygen atoms in total. The van der Waals surface area contributed by atoms with E-state index < -0.39 is 5.41 Å². The van der Waals surface area contributed by atoms with E-state index in [0.29, 0.717) is 5.69 Å². The second-order valence-corrected chi connectivity index (χ2v) is 5.57. The molecular formula is C17H20N2O. The molecule has 104 valence electrons. The van der Waals surface area contributed by atoms with Crippen LogP contribution in [0.15, 0.2) is 48.5 Å². The number of benzene rings is 2. The molecule has 0 unspecified atom stereocenters. The minimum atomic E-state index is -0.613. The van der Waals surface area contributed by atoms with Crippen LogP contribution in [0.2, 0.25) is 0 Å². The topological polar surface area (TPSA) is 55.1 Å². The number of hydrogen-bond donors (Lipinski definition) is 2. The van der Waals surface area contributed by atoms with Crippen molar-refractivity contribution in [2.75, 3.05) is 11.1 Å². The fraction of sp³-hybridized carbons (Fsp3) is 0.235. The zero-order valence-electron chi connectivity index (χ0n) is 12.1. The third-order valence-electron chi connectivity index (χ3n) is 3.51. The first-order valence-corrected chi connectivity index (χ1v) is 6.64. The van der Waals surface area contributed by atoms with Gasteiger partial charge < -0.3 is 11.1 Å². The van der Waals surface area contributed by atoms with Crippen LogP contribution in [0.1, 0.15) is 25.0 Å². The first-order valence-electron chi connectivity index (χ1n) is 6.64. The molecule has 3 N–H and O–H groups in total. The molecule has 20 heavy (non-hydrogen) atoms. The first-order chi connectivity index (χ1) is 9.39. The number of rotatable bonds is 3. The van der Waals surface area contributed by atoms with Gasteiger partial charge in [-0.25, -0.2) is 0 Å². The lowest BCUT2D eigenvalue weighted by Gasteiger charge is -2.24. The summed E-state index contributed by atoms with van der Waals surface area (Å²) in [4.78, 5) is 12.5. The van der Waals surface area contributed by atoms with E-state index in [1.807, 2.05) is 69.3 Å². The SMILES string of the molecule is Cc1ccc(NC(=O)C(C)(C)c2ccc(N)cc2)cc1. The molecule has 2 rings (SSSR count). The molecule has 3 heteroatoms. The van der Waals surface area contributed by atoms with Crippen molar-refractivity contribution >= 4 is 17.3 Å². The van der Waals surface area contributed by atoms with Crippen LogP contribution in [0.25, 0.3) is 0 Å². The molecule has 2 aromatic carbocycles. The molecule has 0 heterocycles. The van der Waals surface area contributed by atoms with Gasteiger partial charge in [-0.15, -0.1) is 0 Å². The van der Waals surface area contributed by atoms with Crippen molar-refractivity contribution in [3.05, 3.63) is 59.7 Å². The Kier molecular flexibility index (Phi) is 3.79. The van der Waals surface area contributed by atoms with Gasteiger partial charge in [0.05, 0.1) is 5.41 Å². The summed E-state index contributed by atoms with van der Waals surface area (Å²) < 4.78 is 0. The van der Waals surface area contributed by atoms with Crippen LogP contribution in [0, 0.1) is 6.92 Å². The molecule has 0 aliphatic carbocycles. The van der Waals surface area contributed by atoms with E-state index in [1.54, 1.807) is 0 Å². The maximum absolute atomic E-state index is 12.5. The maximum Gasteiger partial charge on any atom is 0.234 e. The molecule has 0 aromatic heterocycles. The molecule has 0 fully saturated rings. The second-order valence-electron chi connectivity index (χ2n) is 5.57. The standard InChI is InChI=1S/C17H20N2O/c1-12-4-10-15(11-5-12)19-16(20)17(2,3)13-6-8-14(18)9-7-13/h4-11H,18H2,1-3H3,(H,19,20). The molecular weight excluding hydrogens is 248 g/mol. The minimum absolute atomic E-state index is 0.0360. The predicted octanol–water partition coefficient (Wildman–Crippen LogP) is 3.49. The Bertz CT molecular complexity index is 598. The number of nitrogen functional groups attached to an aromatic ring is 1. The van der Waals surface area contributed by atoms with E-state index in [4.69, 9.17) is 5.73 Å². The average molecular weight is 268 g/mol. The lowest BCUT2D eigenvalue weighted by atomic mass is 9.83. The summed E-state index contributed by atoms with van der Waals surface area (Å²) in [5.74, 6) is -0.0360. The summed E-state index contributed by atoms with van der Waals surface area (Å²) in [5, 5.41) is 2.95. The molecule has 2 aromatic rings. The molecule has 0 bridgehead atoms. The van der Waals surface area contributed by atoms with E-state index >= 15 is 0 Å². The number of amides is 1. The Balaban J connectivity index is 2.18. The Morgan fingerprint density at radius 3 is 2.10 bits per heavy atom. The van der Waals surface area contributed by atoms with Gasteiger partial charge in [-0.05, 0) is 50.6 Å². The van der Waals surface area contributed by atoms with E-state index in [-0.39, 0.29) is 5.91 Å². The Morgan fingerprint density at radius 2 is 1.55 bits per heavy atom. The highest BCUT2D eigenvalue weighted by Crippen LogP contribution is 2.26. The van der Waals surface area contributed by atoms with Gasteiger partial charge in [0.1, 0.15) is 0 Å². The maximum atomic E-state index is 12.5. The van der Waals surface area contributed by atoms with Crippen LogP contribution in [0.3, 0.4) is 0 Å². The molecule has 0 saturated carbocycles. The van der Waals surface area contributed by atoms with Crippen LogP contribution in [0.4, 0.5) is 11.4 Å². The Hall–Kier alpha value is -2.29. The molecule has 0 spiro atoms. The van der Waals surface area contributed by atoms with Gasteiger partial charge in [-0.2, -0.15) is 0 Å². The zero-order chi connectivity index (χ0) is 14.8. The van der Waals surface area contributed by atoms with Gasteiger partial charge in [0, 0.05) is 11.4 Å². The summed E-state index contributed by atoms with van der Waals surface area (Å²) in [6.07, 6.45) is 0. The number of aryl methyl sites for hydroxylation is 1. The highest BCUT2D eigenvalue weighted by Gasteiger charge is 2.29. The Morgan fingerprint density at radius 1 is 1.00 bits per heavy atom. The fourth-order valence-corrected chi connectivity index (χ4v) is 1.96. The number of carbonyl (C=O) groups is 1. The number of nitrogens with one attached hydrogen (secondary N) is 1. The van der Waals surface area contributed by atoms with Crippen molar-refractivity contribution in [2.45, 2.75) is 26.2 Å². The highest BCUT2D eigenvalue weighted by molar-refractivity contribution is 5.98. The number of nitrogens with two attached hydrogens (primary N) is 1. The molecule has 0 aliphatic heterocycles. The summed E-state index contributed by atoms with van der Waals surface area (Å²) in [6, 6.07) is 15.2. The van der Waals surface area contributed by atoms with Crippen LogP contribution in [-0.2, 0) is 10.2 Å². The van der Waals surface area contributed by atoms with Crippen LogP contribution in [0.5, 0.6) is 0 Å². The molecule has 0 saturated heterocycles. The number of anilines is 2. The summed E-state index contributed by atoms with van der Waals surface area (Å²) in [6.45, 7) is 5.83. The van der Waals surface area contributed by atoms with Gasteiger partial charge in [-0.3, -0.25) is 4.79 Å². The van der Waals surface area contributed by atoms with E-state index in [1.165, 1.54) is 5.56 Å². The van der Waals surface area contributed by atoms with E-state index in [9.17, 15) is 4.79 Å². The van der Waals surface area contributed by atoms with Gasteiger partial charge in [-0.1, -0.05) is 29.8 Å². The largest absolute Gasteiger partial charge is 0.399 e. The fourth-order valence-electron chi connectivity index (χ4n) is 1.96. The number of hydrogen-bond acceptors (Lipinski definition) is 2. The van der Waals surface area contributed by atoms with Gasteiger partial charge in [0.25, 0.3) is 0 Å². The Labute approximate surface area is 119 Å². The van der Waals surface area contributed by atoms with E-state index in [2.05, 4.69) is 5.32 Å². The average Bonchev–Trinajstić information content (AvgIpc) is 2.42. The summed E-state index contributed by atoms with van der Waals surface area (Å²) in [5.41, 5.74) is 8.69. The van der Waals surface area contributed by atoms with Gasteiger partial charge in [0.15, 0.2) is 0 Å². The van der Waals surface area contributed by atoms with Crippen molar-refractivity contribution < 1.29 is 4.79 Å². The molecule has 0 atom stereocenters. The van der Waals surface area contributed by atoms with Crippen molar-refractivity contribution in [1.82, 2.24) is 0 Å². The predicted molar refractivity (Wildman–Crippen MR) is 83.7 cm³/mol. The second kappa shape index (κ2) is 5.37. The zero-order valence-corrected chi connectivity index (χ0v) is 12.1. The smallest absolute Gasteiger partial charge is 0.234 e. The van der Waals surface area contributed by atoms with Crippen molar-refractivity contribution in [1.29, 1.82) is 0 Å². The first kappa shape index (κ1) is 14.1. The van der Waals surface area contributed by atoms with E-state index in [0.717, 1.165) is 11.3 Å². The van der Waals surface area contributed by atoms with Gasteiger partial charge >= 0.3 is 0 Å². The quantitative estimate of drug-likeness (QED) is 0.837. The third kappa shape index (κ3) is 2.99. The molecule has 1 amide bonds. The molecule has 0 aliphatic rings. The summed E-state index contributed by atoms with van der Waals surface area (Å²) in [7, 11) is 0. The summed E-state index contributed by atoms with van der Waals surface area (Å²) >= 11 is 0. The van der Waals surface area contributed by atoms with Crippen LogP contribution >= 0.6 is 0 Å². The minimum Gasteiger partial charge on any atom is -0.399 e. The monoisotopic (exact) mass is 268 g/mol. The van der Waals surface area contributed by atoms with Crippen molar-refractivity contribution in [3.8, 4) is 0 Å². The van der Waals surface area contributed by atoms with Crippen molar-refractivity contribution in [3.63, 3.8) is 0 Å². The van der Waals surface area contributed by atoms with Crippen LogP contribution < -0.4 is 11.1 Å². The normalized spacial score (nSPS) is 11.2. The number of carbonyl (C=O) groups excluding carboxylic acids is 1.